The van der Waals surface area contributed by atoms with Gasteiger partial charge in [0.25, 0.3) is 0 Å². The van der Waals surface area contributed by atoms with Crippen LogP contribution in [-0.4, -0.2) is 127 Å². The second-order valence-electron chi connectivity index (χ2n) is 7.71. The van der Waals surface area contributed by atoms with Crippen LogP contribution < -0.4 is 0 Å². The van der Waals surface area contributed by atoms with E-state index >= 15 is 0 Å². The molecule has 9 atom stereocenters. The Balaban J connectivity index is 2.41. The van der Waals surface area contributed by atoms with Crippen LogP contribution >= 0.6 is 0 Å². The van der Waals surface area contributed by atoms with Crippen LogP contribution in [0.5, 0.6) is 0 Å². The Morgan fingerprint density at radius 3 is 1.85 bits per heavy atom. The summed E-state index contributed by atoms with van der Waals surface area (Å²) < 4.78 is 16.0. The molecule has 2 saturated heterocycles. The van der Waals surface area contributed by atoms with E-state index in [2.05, 4.69) is 16.4 Å². The minimum Gasteiger partial charge on any atom is -0.394 e. The summed E-state index contributed by atoms with van der Waals surface area (Å²) >= 11 is 0. The van der Waals surface area contributed by atoms with Crippen LogP contribution in [0, 0.1) is 0 Å². The van der Waals surface area contributed by atoms with Crippen LogP contribution in [0.15, 0.2) is 12.2 Å². The van der Waals surface area contributed by atoms with Gasteiger partial charge in [0.2, 0.25) is 11.6 Å². The molecule has 2 rings (SSSR count). The van der Waals surface area contributed by atoms with E-state index in [0.29, 0.717) is 0 Å². The van der Waals surface area contributed by atoms with E-state index in [0.717, 1.165) is 0 Å². The Morgan fingerprint density at radius 1 is 0.848 bits per heavy atom. The molecule has 0 amide bonds. The fourth-order valence-electron chi connectivity index (χ4n) is 3.40. The van der Waals surface area contributed by atoms with Crippen molar-refractivity contribution < 1.29 is 74.4 Å². The lowest BCUT2D eigenvalue weighted by Gasteiger charge is -2.50. The standard InChI is InChI=1S/C18H28O15/c1-7(2)16(28)32-31-10(22)3-17(15(27)13(25)11(23)8(4-19)29-17)33-18(6-21)14(26)12(24)9(5-20)30-18/h8-9,11-15,19-21,23-27H,1,3-6H2,2H3/t8-,9-,11-,12-,13+,14+,15-,17+,18?/m1/s1. The van der Waals surface area contributed by atoms with Gasteiger partial charge in [0.1, 0.15) is 55.8 Å². The quantitative estimate of drug-likeness (QED) is 0.0913. The number of rotatable bonds is 8. The first kappa shape index (κ1) is 27.5. The molecular weight excluding hydrogens is 456 g/mol. The number of hydrogen-bond acceptors (Lipinski definition) is 15. The van der Waals surface area contributed by atoms with Gasteiger partial charge >= 0.3 is 11.9 Å². The summed E-state index contributed by atoms with van der Waals surface area (Å²) in [5, 5.41) is 80.0. The van der Waals surface area contributed by atoms with E-state index in [1.54, 1.807) is 0 Å². The highest BCUT2D eigenvalue weighted by Crippen LogP contribution is 2.42. The van der Waals surface area contributed by atoms with Gasteiger partial charge in [0.05, 0.1) is 13.2 Å². The molecule has 0 aromatic heterocycles. The number of ether oxygens (including phenoxy) is 3. The number of carbonyl (C=O) groups is 2. The molecular formula is C18H28O15. The molecule has 8 N–H and O–H groups in total. The molecule has 2 heterocycles. The Labute approximate surface area is 186 Å². The van der Waals surface area contributed by atoms with Crippen molar-refractivity contribution in [3.63, 3.8) is 0 Å². The molecule has 15 nitrogen and oxygen atoms in total. The Morgan fingerprint density at radius 2 is 1.36 bits per heavy atom. The summed E-state index contributed by atoms with van der Waals surface area (Å²) in [5.41, 5.74) is -0.132. The van der Waals surface area contributed by atoms with Crippen molar-refractivity contribution in [2.24, 2.45) is 0 Å². The van der Waals surface area contributed by atoms with Gasteiger partial charge in [0.15, 0.2) is 0 Å². The summed E-state index contributed by atoms with van der Waals surface area (Å²) in [6, 6.07) is 0. The second kappa shape index (κ2) is 10.7. The average molecular weight is 484 g/mol. The predicted octanol–water partition coefficient (Wildman–Crippen LogP) is -5.06. The van der Waals surface area contributed by atoms with Crippen LogP contribution in [0.3, 0.4) is 0 Å². The molecule has 0 radical (unpaired) electrons. The van der Waals surface area contributed by atoms with Gasteiger partial charge in [-0.1, -0.05) is 6.58 Å². The van der Waals surface area contributed by atoms with Crippen LogP contribution in [0.25, 0.3) is 0 Å². The number of aliphatic hydroxyl groups excluding tert-OH is 8. The highest BCUT2D eigenvalue weighted by atomic mass is 17.2. The SMILES string of the molecule is C=C(C)C(=O)OOC(=O)C[C@@]1(OC2(CO)O[C@H](CO)[C@@H](O)[C@@H]2O)O[C@H](CO)[C@@H](O)[C@H](O)[C@H]1O. The first-order valence-electron chi connectivity index (χ1n) is 9.74. The second-order valence-corrected chi connectivity index (χ2v) is 7.71. The monoisotopic (exact) mass is 484 g/mol. The number of aliphatic hydroxyl groups is 8. The van der Waals surface area contributed by atoms with Crippen molar-refractivity contribution in [1.29, 1.82) is 0 Å². The summed E-state index contributed by atoms with van der Waals surface area (Å²) in [5.74, 6) is -7.98. The number of hydrogen-bond donors (Lipinski definition) is 8. The molecule has 15 heteroatoms. The lowest BCUT2D eigenvalue weighted by Crippen LogP contribution is -2.70. The van der Waals surface area contributed by atoms with Crippen LogP contribution in [0.2, 0.25) is 0 Å². The van der Waals surface area contributed by atoms with Crippen molar-refractivity contribution in [2.75, 3.05) is 19.8 Å². The van der Waals surface area contributed by atoms with Gasteiger partial charge < -0.3 is 55.1 Å². The Bertz CT molecular complexity index is 728. The number of carbonyl (C=O) groups excluding carboxylic acids is 2. The van der Waals surface area contributed by atoms with Gasteiger partial charge in [-0.3, -0.25) is 0 Å². The topological polar surface area (TPSA) is 242 Å². The van der Waals surface area contributed by atoms with Crippen molar-refractivity contribution in [3.8, 4) is 0 Å². The fraction of sp³-hybridized carbons (Fsp3) is 0.778. The molecule has 0 saturated carbocycles. The highest BCUT2D eigenvalue weighted by molar-refractivity contribution is 5.87. The summed E-state index contributed by atoms with van der Waals surface area (Å²) in [7, 11) is 0. The molecule has 0 aromatic carbocycles. The summed E-state index contributed by atoms with van der Waals surface area (Å²) in [6.45, 7) is 1.52. The van der Waals surface area contributed by atoms with Crippen molar-refractivity contribution in [1.82, 2.24) is 0 Å². The van der Waals surface area contributed by atoms with Crippen LogP contribution in [-0.2, 0) is 33.6 Å². The molecule has 2 aliphatic heterocycles. The lowest BCUT2D eigenvalue weighted by atomic mass is 9.90. The van der Waals surface area contributed by atoms with Gasteiger partial charge in [0, 0.05) is 5.57 Å². The molecule has 33 heavy (non-hydrogen) atoms. The third-order valence-corrected chi connectivity index (χ3v) is 5.24. The minimum absolute atomic E-state index is 0.132. The highest BCUT2D eigenvalue weighted by Gasteiger charge is 2.64. The van der Waals surface area contributed by atoms with E-state index in [1.165, 1.54) is 6.92 Å². The fourth-order valence-corrected chi connectivity index (χ4v) is 3.40. The Kier molecular flexibility index (Phi) is 8.88. The molecule has 2 fully saturated rings. The maximum Gasteiger partial charge on any atom is 0.381 e. The van der Waals surface area contributed by atoms with Gasteiger partial charge in [-0.2, -0.15) is 0 Å². The largest absolute Gasteiger partial charge is 0.394 e. The normalized spacial score (nSPS) is 40.9. The van der Waals surface area contributed by atoms with E-state index in [9.17, 15) is 50.4 Å². The van der Waals surface area contributed by atoms with E-state index in [-0.39, 0.29) is 5.57 Å². The third-order valence-electron chi connectivity index (χ3n) is 5.24. The van der Waals surface area contributed by atoms with E-state index in [1.807, 2.05) is 0 Å². The molecule has 0 aromatic rings. The van der Waals surface area contributed by atoms with Crippen molar-refractivity contribution in [3.05, 3.63) is 12.2 Å². The zero-order chi connectivity index (χ0) is 25.1. The smallest absolute Gasteiger partial charge is 0.381 e. The maximum atomic E-state index is 12.3. The van der Waals surface area contributed by atoms with Gasteiger partial charge in [-0.15, -0.1) is 0 Å². The maximum absolute atomic E-state index is 12.3. The van der Waals surface area contributed by atoms with Crippen molar-refractivity contribution >= 4 is 11.9 Å². The lowest BCUT2D eigenvalue weighted by molar-refractivity contribution is -0.434. The average Bonchev–Trinajstić information content (AvgIpc) is 3.03. The van der Waals surface area contributed by atoms with Gasteiger partial charge in [-0.05, 0) is 6.92 Å². The molecule has 2 aliphatic rings. The van der Waals surface area contributed by atoms with Crippen LogP contribution in [0.4, 0.5) is 0 Å². The van der Waals surface area contributed by atoms with Crippen molar-refractivity contribution in [2.45, 2.75) is 67.6 Å². The Hall–Kier alpha value is -1.76. The van der Waals surface area contributed by atoms with Crippen LogP contribution in [0.1, 0.15) is 13.3 Å². The molecule has 0 aliphatic carbocycles. The third kappa shape index (κ3) is 5.33. The first-order chi connectivity index (χ1) is 15.4. The minimum atomic E-state index is -2.80. The van der Waals surface area contributed by atoms with E-state index in [4.69, 9.17) is 14.2 Å². The summed E-state index contributed by atoms with van der Waals surface area (Å²) in [6.07, 6.45) is -14.5. The molecule has 0 bridgehead atoms. The predicted molar refractivity (Wildman–Crippen MR) is 99.2 cm³/mol. The van der Waals surface area contributed by atoms with E-state index < -0.39 is 92.5 Å². The molecule has 190 valence electrons. The zero-order valence-corrected chi connectivity index (χ0v) is 17.5. The molecule has 0 spiro atoms. The summed E-state index contributed by atoms with van der Waals surface area (Å²) in [4.78, 5) is 32.3. The first-order valence-corrected chi connectivity index (χ1v) is 9.74. The molecule has 1 unspecified atom stereocenters. The zero-order valence-electron chi connectivity index (χ0n) is 17.5. The van der Waals surface area contributed by atoms with Gasteiger partial charge in [-0.25, -0.2) is 19.4 Å².